The smallest absolute Gasteiger partial charge is 0.435 e. The van der Waals surface area contributed by atoms with Crippen LogP contribution in [0, 0.1) is 11.3 Å². The minimum Gasteiger partial charge on any atom is -0.497 e. The van der Waals surface area contributed by atoms with Crippen molar-refractivity contribution in [1.29, 1.82) is 5.26 Å². The van der Waals surface area contributed by atoms with Crippen molar-refractivity contribution < 1.29 is 40.7 Å². The van der Waals surface area contributed by atoms with Gasteiger partial charge in [0, 0.05) is 22.3 Å². The van der Waals surface area contributed by atoms with Crippen molar-refractivity contribution in [3.05, 3.63) is 186 Å². The number of aromatic nitrogens is 4. The summed E-state index contributed by atoms with van der Waals surface area (Å²) in [7, 11) is 1.59. The van der Waals surface area contributed by atoms with Crippen LogP contribution in [0.3, 0.4) is 0 Å². The maximum Gasteiger partial charge on any atom is 0.435 e. The average molecular weight is 870 g/mol. The number of methoxy groups -OCH3 is 1. The number of nitrogens with zero attached hydrogens (tertiary/aromatic N) is 5. The molecule has 0 spiro atoms. The molecule has 0 unspecified atom stereocenters. The number of amides is 2. The molecule has 4 N–H and O–H groups in total. The predicted octanol–water partition coefficient (Wildman–Crippen LogP) is 10.5. The highest BCUT2D eigenvalue weighted by Crippen LogP contribution is 2.36. The molecule has 2 aromatic heterocycles. The van der Waals surface area contributed by atoms with Crippen molar-refractivity contribution in [2.45, 2.75) is 12.4 Å². The third kappa shape index (κ3) is 9.69. The molecule has 0 radical (unpaired) electrons. The second-order valence-corrected chi connectivity index (χ2v) is 14.0. The van der Waals surface area contributed by atoms with Gasteiger partial charge >= 0.3 is 12.4 Å². The van der Waals surface area contributed by atoms with E-state index in [0.717, 1.165) is 40.1 Å². The molecule has 320 valence electrons. The molecule has 0 saturated heterocycles. The Labute approximate surface area is 361 Å². The van der Waals surface area contributed by atoms with E-state index in [0.29, 0.717) is 28.1 Å². The van der Waals surface area contributed by atoms with Crippen LogP contribution in [0.15, 0.2) is 158 Å². The quantitative estimate of drug-likeness (QED) is 0.138. The number of halogens is 6. The number of hydrogen-bond donors (Lipinski definition) is 2. The topological polar surface area (TPSA) is 155 Å². The zero-order valence-corrected chi connectivity index (χ0v) is 33.4. The highest BCUT2D eigenvalue weighted by atomic mass is 19.4. The first kappa shape index (κ1) is 43.6. The lowest BCUT2D eigenvalue weighted by Gasteiger charge is -2.09. The molecule has 8 rings (SSSR count). The summed E-state index contributed by atoms with van der Waals surface area (Å²) in [6.07, 6.45) is -9.22. The zero-order chi connectivity index (χ0) is 45.8. The van der Waals surface area contributed by atoms with Gasteiger partial charge in [-0.2, -0.15) is 41.8 Å². The van der Waals surface area contributed by atoms with Gasteiger partial charge in [-0.1, -0.05) is 72.8 Å². The average Bonchev–Trinajstić information content (AvgIpc) is 3.97. The first-order valence-electron chi connectivity index (χ1n) is 19.0. The number of primary amides is 2. The number of carbonyl (C=O) groups excluding carboxylic acids is 2. The van der Waals surface area contributed by atoms with E-state index in [2.05, 4.69) is 16.3 Å². The second kappa shape index (κ2) is 17.9. The number of carbonyl (C=O) groups is 2. The van der Waals surface area contributed by atoms with Crippen LogP contribution >= 0.6 is 0 Å². The molecule has 2 heterocycles. The molecule has 0 aliphatic carbocycles. The minimum absolute atomic E-state index is 0.241. The Morgan fingerprint density at radius 3 is 1.12 bits per heavy atom. The van der Waals surface area contributed by atoms with Gasteiger partial charge in [0.25, 0.3) is 0 Å². The molecule has 2 amide bonds. The van der Waals surface area contributed by atoms with Crippen LogP contribution in [0.25, 0.3) is 56.1 Å². The third-order valence-corrected chi connectivity index (χ3v) is 9.92. The molecule has 0 aliphatic rings. The van der Waals surface area contributed by atoms with Gasteiger partial charge in [0.2, 0.25) is 11.8 Å². The number of rotatable bonds is 9. The summed E-state index contributed by atoms with van der Waals surface area (Å²) >= 11 is 0. The molecule has 6 aromatic carbocycles. The Bertz CT molecular complexity index is 2970. The normalized spacial score (nSPS) is 11.3. The van der Waals surface area contributed by atoms with Gasteiger partial charge < -0.3 is 16.2 Å². The zero-order valence-electron chi connectivity index (χ0n) is 33.4. The molecule has 0 fully saturated rings. The highest BCUT2D eigenvalue weighted by Gasteiger charge is 2.36. The number of nitriles is 1. The Morgan fingerprint density at radius 2 is 0.828 bits per heavy atom. The van der Waals surface area contributed by atoms with E-state index in [1.54, 1.807) is 67.8 Å². The summed E-state index contributed by atoms with van der Waals surface area (Å²) in [4.78, 5) is 22.6. The fourth-order valence-corrected chi connectivity index (χ4v) is 6.57. The van der Waals surface area contributed by atoms with Crippen LogP contribution in [0.5, 0.6) is 5.75 Å². The van der Waals surface area contributed by atoms with Crippen LogP contribution in [0.2, 0.25) is 0 Å². The second-order valence-electron chi connectivity index (χ2n) is 14.0. The maximum absolute atomic E-state index is 13.4. The van der Waals surface area contributed by atoms with Gasteiger partial charge in [-0.05, 0) is 107 Å². The third-order valence-electron chi connectivity index (χ3n) is 9.92. The van der Waals surface area contributed by atoms with Crippen molar-refractivity contribution in [2.75, 3.05) is 7.11 Å². The first-order valence-corrected chi connectivity index (χ1v) is 19.0. The molecular weight excluding hydrogens is 837 g/mol. The fraction of sp³-hybridized carbons (Fsp3) is 0.0625. The summed E-state index contributed by atoms with van der Waals surface area (Å²) in [5.41, 5.74) is 15.4. The summed E-state index contributed by atoms with van der Waals surface area (Å²) < 4.78 is 87.8. The number of benzene rings is 6. The lowest BCUT2D eigenvalue weighted by Crippen LogP contribution is -2.11. The van der Waals surface area contributed by atoms with Crippen LogP contribution < -0.4 is 16.2 Å². The van der Waals surface area contributed by atoms with Crippen molar-refractivity contribution in [3.63, 3.8) is 0 Å². The van der Waals surface area contributed by atoms with Crippen molar-refractivity contribution >= 4 is 11.8 Å². The highest BCUT2D eigenvalue weighted by molar-refractivity contribution is 5.93. The van der Waals surface area contributed by atoms with Gasteiger partial charge in [-0.15, -0.1) is 0 Å². The van der Waals surface area contributed by atoms with E-state index in [9.17, 15) is 35.9 Å². The molecule has 64 heavy (non-hydrogen) atoms. The van der Waals surface area contributed by atoms with Crippen LogP contribution in [-0.4, -0.2) is 38.5 Å². The predicted molar refractivity (Wildman–Crippen MR) is 227 cm³/mol. The lowest BCUT2D eigenvalue weighted by atomic mass is 10.0. The van der Waals surface area contributed by atoms with Gasteiger partial charge in [-0.25, -0.2) is 9.36 Å². The van der Waals surface area contributed by atoms with E-state index in [1.165, 1.54) is 57.9 Å². The monoisotopic (exact) mass is 869 g/mol. The fourth-order valence-electron chi connectivity index (χ4n) is 6.57. The van der Waals surface area contributed by atoms with E-state index >= 15 is 0 Å². The maximum atomic E-state index is 13.4. The van der Waals surface area contributed by atoms with E-state index in [1.807, 2.05) is 36.4 Å². The molecule has 0 bridgehead atoms. The number of hydrogen-bond acceptors (Lipinski definition) is 6. The number of nitrogens with two attached hydrogens (primary N) is 2. The number of ether oxygens (including phenoxy) is 1. The summed E-state index contributed by atoms with van der Waals surface area (Å²) in [6.45, 7) is 0. The molecule has 0 aliphatic heterocycles. The minimum atomic E-state index is -4.62. The van der Waals surface area contributed by atoms with Gasteiger partial charge in [0.05, 0.1) is 41.5 Å². The Balaban J connectivity index is 0.000000191. The van der Waals surface area contributed by atoms with Crippen molar-refractivity contribution in [3.8, 4) is 68.0 Å². The Morgan fingerprint density at radius 1 is 0.516 bits per heavy atom. The van der Waals surface area contributed by atoms with E-state index in [-0.39, 0.29) is 22.5 Å². The molecular formula is C48H33F6N7O3. The molecule has 0 atom stereocenters. The van der Waals surface area contributed by atoms with Crippen molar-refractivity contribution in [2.24, 2.45) is 11.5 Å². The lowest BCUT2D eigenvalue weighted by molar-refractivity contribution is -0.142. The largest absolute Gasteiger partial charge is 0.497 e. The van der Waals surface area contributed by atoms with E-state index < -0.39 is 35.6 Å². The molecule has 0 saturated carbocycles. The summed E-state index contributed by atoms with van der Waals surface area (Å²) in [5, 5.41) is 16.4. The van der Waals surface area contributed by atoms with E-state index in [4.69, 9.17) is 21.5 Å². The van der Waals surface area contributed by atoms with Crippen LogP contribution in [0.1, 0.15) is 37.7 Å². The van der Waals surface area contributed by atoms with Gasteiger partial charge in [0.1, 0.15) is 5.75 Å². The Kier molecular flexibility index (Phi) is 12.2. The van der Waals surface area contributed by atoms with Gasteiger partial charge in [-0.3, -0.25) is 9.59 Å². The molecule has 8 aromatic rings. The summed E-state index contributed by atoms with van der Waals surface area (Å²) in [6, 6.07) is 44.4. The van der Waals surface area contributed by atoms with Crippen molar-refractivity contribution in [1.82, 2.24) is 19.6 Å². The van der Waals surface area contributed by atoms with Gasteiger partial charge in [0.15, 0.2) is 11.4 Å². The SMILES string of the molecule is COc1ccc(-c2ccc(-c3cc(C(F)(F)F)nn3-c3ccc(C(N)=O)cc3)cc2)cc1.N#Cc1ccc(-c2ccc(-c3cc(C(F)(F)F)nn3-c3ccc(C(N)=O)cc3)cc2)cc1. The molecule has 10 nitrogen and oxygen atoms in total. The summed E-state index contributed by atoms with van der Waals surface area (Å²) in [5.74, 6) is -0.523. The van der Waals surface area contributed by atoms with Crippen LogP contribution in [0.4, 0.5) is 26.3 Å². The van der Waals surface area contributed by atoms with Crippen LogP contribution in [-0.2, 0) is 12.4 Å². The first-order chi connectivity index (χ1) is 30.5. The Hall–Kier alpha value is -8.45. The number of alkyl halides is 6. The standard InChI is InChI=1S/C24H15F3N4O.C24H18F3N3O2/c25-24(26,27)22-13-21(31(30-22)20-11-9-19(10-12-20)23(29)32)18-7-5-17(6-8-18)16-3-1-15(14-28)2-4-16;1-32-20-12-8-16(9-13-20)15-2-4-17(5-3-15)21-14-22(24(25,26)27)29-30(21)19-10-6-18(7-11-19)23(28)31/h1-13H,(H2,29,32);2-14H,1H3,(H2,28,31). The molecule has 16 heteroatoms.